The third-order valence-electron chi connectivity index (χ3n) is 4.82. The largest absolute Gasteiger partial charge is 0.497 e. The number of nitriles is 1. The van der Waals surface area contributed by atoms with E-state index in [4.69, 9.17) is 14.2 Å². The van der Waals surface area contributed by atoms with Crippen molar-refractivity contribution in [3.8, 4) is 11.8 Å². The van der Waals surface area contributed by atoms with Crippen LogP contribution in [0.3, 0.4) is 0 Å². The van der Waals surface area contributed by atoms with Crippen molar-refractivity contribution in [2.45, 2.75) is 24.7 Å². The summed E-state index contributed by atoms with van der Waals surface area (Å²) >= 11 is 0. The highest BCUT2D eigenvalue weighted by Crippen LogP contribution is 2.41. The average molecular weight is 373 g/mol. The Morgan fingerprint density at radius 2 is 1.86 bits per heavy atom. The highest BCUT2D eigenvalue weighted by atomic mass is 16.6. The van der Waals surface area contributed by atoms with E-state index in [9.17, 15) is 10.1 Å². The third kappa shape index (κ3) is 3.83. The van der Waals surface area contributed by atoms with Gasteiger partial charge in [-0.2, -0.15) is 5.26 Å². The molecule has 0 aliphatic carbocycles. The summed E-state index contributed by atoms with van der Waals surface area (Å²) in [5, 5.41) is 11.4. The Labute approximate surface area is 163 Å². The van der Waals surface area contributed by atoms with Crippen LogP contribution in [0.25, 0.3) is 10.8 Å². The van der Waals surface area contributed by atoms with Crippen LogP contribution in [0.4, 0.5) is 0 Å². The van der Waals surface area contributed by atoms with Gasteiger partial charge in [0, 0.05) is 5.56 Å². The number of hydrogen-bond donors (Lipinski definition) is 0. The van der Waals surface area contributed by atoms with Crippen molar-refractivity contribution < 1.29 is 19.0 Å². The molecular weight excluding hydrogens is 354 g/mol. The molecule has 5 nitrogen and oxygen atoms in total. The number of epoxide rings is 1. The Bertz CT molecular complexity index is 1040. The molecule has 3 aromatic carbocycles. The van der Waals surface area contributed by atoms with Crippen LogP contribution in [0.1, 0.15) is 29.8 Å². The molecule has 5 heteroatoms. The van der Waals surface area contributed by atoms with Crippen LogP contribution >= 0.6 is 0 Å². The fourth-order valence-corrected chi connectivity index (χ4v) is 3.28. The lowest BCUT2D eigenvalue weighted by atomic mass is 10.0. The molecule has 4 rings (SSSR count). The molecule has 0 unspecified atom stereocenters. The molecule has 3 atom stereocenters. The van der Waals surface area contributed by atoms with E-state index in [0.29, 0.717) is 5.56 Å². The topological polar surface area (TPSA) is 71.8 Å². The Morgan fingerprint density at radius 1 is 1.11 bits per heavy atom. The van der Waals surface area contributed by atoms with Gasteiger partial charge in [-0.25, -0.2) is 0 Å². The van der Waals surface area contributed by atoms with Gasteiger partial charge < -0.3 is 14.2 Å². The van der Waals surface area contributed by atoms with Crippen molar-refractivity contribution in [3.63, 3.8) is 0 Å². The monoisotopic (exact) mass is 373 g/mol. The third-order valence-corrected chi connectivity index (χ3v) is 4.82. The number of nitrogens with zero attached hydrogens (tertiary/aromatic N) is 1. The van der Waals surface area contributed by atoms with Gasteiger partial charge in [-0.1, -0.05) is 48.5 Å². The first kappa shape index (κ1) is 18.0. The normalized spacial score (nSPS) is 18.9. The van der Waals surface area contributed by atoms with Gasteiger partial charge in [-0.05, 0) is 34.5 Å². The first-order valence-corrected chi connectivity index (χ1v) is 9.05. The van der Waals surface area contributed by atoms with Crippen molar-refractivity contribution >= 4 is 16.7 Å². The predicted molar refractivity (Wildman–Crippen MR) is 104 cm³/mol. The van der Waals surface area contributed by atoms with Crippen LogP contribution < -0.4 is 4.74 Å². The SMILES string of the molecule is COc1ccc2cc([C@H](C#N)OC(=O)C[C@H]3O[C@H]3c3ccccc3)ccc2c1. The van der Waals surface area contributed by atoms with Gasteiger partial charge in [0.25, 0.3) is 0 Å². The Morgan fingerprint density at radius 3 is 2.61 bits per heavy atom. The Kier molecular flexibility index (Phi) is 4.96. The van der Waals surface area contributed by atoms with Crippen LogP contribution in [0.15, 0.2) is 66.7 Å². The molecule has 0 radical (unpaired) electrons. The van der Waals surface area contributed by atoms with Crippen LogP contribution in [-0.2, 0) is 14.3 Å². The maximum Gasteiger partial charge on any atom is 0.310 e. The summed E-state index contributed by atoms with van der Waals surface area (Å²) in [4.78, 5) is 12.3. The van der Waals surface area contributed by atoms with Crippen LogP contribution in [0.5, 0.6) is 5.75 Å². The fourth-order valence-electron chi connectivity index (χ4n) is 3.28. The fraction of sp³-hybridized carbons (Fsp3) is 0.217. The Hall–Kier alpha value is -3.36. The number of fused-ring (bicyclic) bond motifs is 1. The number of methoxy groups -OCH3 is 1. The van der Waals surface area contributed by atoms with E-state index >= 15 is 0 Å². The van der Waals surface area contributed by atoms with E-state index in [-0.39, 0.29) is 18.6 Å². The molecule has 140 valence electrons. The summed E-state index contributed by atoms with van der Waals surface area (Å²) in [5.41, 5.74) is 1.69. The van der Waals surface area contributed by atoms with Crippen LogP contribution in [0.2, 0.25) is 0 Å². The minimum absolute atomic E-state index is 0.0788. The number of benzene rings is 3. The highest BCUT2D eigenvalue weighted by Gasteiger charge is 2.42. The zero-order chi connectivity index (χ0) is 19.5. The second-order valence-corrected chi connectivity index (χ2v) is 6.68. The molecule has 0 amide bonds. The molecule has 28 heavy (non-hydrogen) atoms. The molecular formula is C23H19NO4. The molecule has 1 aliphatic heterocycles. The predicted octanol–water partition coefficient (Wildman–Crippen LogP) is 4.49. The quantitative estimate of drug-likeness (QED) is 0.470. The average Bonchev–Trinajstić information content (AvgIpc) is 3.50. The van der Waals surface area contributed by atoms with Gasteiger partial charge in [0.05, 0.1) is 19.6 Å². The smallest absolute Gasteiger partial charge is 0.310 e. The molecule has 0 N–H and O–H groups in total. The number of rotatable bonds is 6. The van der Waals surface area contributed by atoms with Gasteiger partial charge >= 0.3 is 5.97 Å². The molecule has 1 heterocycles. The van der Waals surface area contributed by atoms with Crippen LogP contribution in [-0.4, -0.2) is 19.2 Å². The number of esters is 1. The summed E-state index contributed by atoms with van der Waals surface area (Å²) in [7, 11) is 1.62. The number of hydrogen-bond acceptors (Lipinski definition) is 5. The molecule has 0 bridgehead atoms. The van der Waals surface area contributed by atoms with Crippen LogP contribution in [0, 0.1) is 11.3 Å². The minimum atomic E-state index is -0.951. The van der Waals surface area contributed by atoms with Gasteiger partial charge in [-0.15, -0.1) is 0 Å². The highest BCUT2D eigenvalue weighted by molar-refractivity contribution is 5.84. The van der Waals surface area contributed by atoms with Crippen molar-refractivity contribution in [1.29, 1.82) is 5.26 Å². The molecule has 0 spiro atoms. The number of carbonyl (C=O) groups is 1. The van der Waals surface area contributed by atoms with Crippen molar-refractivity contribution in [2.24, 2.45) is 0 Å². The molecule has 3 aromatic rings. The molecule has 1 fully saturated rings. The van der Waals surface area contributed by atoms with Crippen molar-refractivity contribution in [2.75, 3.05) is 7.11 Å². The first-order chi connectivity index (χ1) is 13.7. The lowest BCUT2D eigenvalue weighted by molar-refractivity contribution is -0.147. The van der Waals surface area contributed by atoms with E-state index in [1.54, 1.807) is 13.2 Å². The summed E-state index contributed by atoms with van der Waals surface area (Å²) in [6.07, 6.45) is -1.10. The number of ether oxygens (including phenoxy) is 3. The van der Waals surface area contributed by atoms with E-state index in [1.165, 1.54) is 0 Å². The van der Waals surface area contributed by atoms with E-state index in [0.717, 1.165) is 22.1 Å². The summed E-state index contributed by atoms with van der Waals surface area (Å²) in [6, 6.07) is 23.0. The lowest BCUT2D eigenvalue weighted by Crippen LogP contribution is -2.12. The zero-order valence-corrected chi connectivity index (χ0v) is 15.4. The number of carbonyl (C=O) groups excluding carboxylic acids is 1. The van der Waals surface area contributed by atoms with Gasteiger partial charge in [0.15, 0.2) is 0 Å². The first-order valence-electron chi connectivity index (χ1n) is 9.05. The molecule has 0 saturated carbocycles. The van der Waals surface area contributed by atoms with Crippen molar-refractivity contribution in [3.05, 3.63) is 77.9 Å². The maximum absolute atomic E-state index is 12.3. The Balaban J connectivity index is 1.41. The summed E-state index contributed by atoms with van der Waals surface area (Å²) < 4.78 is 16.2. The molecule has 0 aromatic heterocycles. The molecule has 1 aliphatic rings. The second-order valence-electron chi connectivity index (χ2n) is 6.68. The van der Waals surface area contributed by atoms with E-state index in [1.807, 2.05) is 60.7 Å². The van der Waals surface area contributed by atoms with Gasteiger partial charge in [0.1, 0.15) is 17.9 Å². The van der Waals surface area contributed by atoms with Gasteiger partial charge in [0.2, 0.25) is 6.10 Å². The molecule has 1 saturated heterocycles. The van der Waals surface area contributed by atoms with E-state index < -0.39 is 12.1 Å². The van der Waals surface area contributed by atoms with Crippen molar-refractivity contribution in [1.82, 2.24) is 0 Å². The zero-order valence-electron chi connectivity index (χ0n) is 15.4. The summed E-state index contributed by atoms with van der Waals surface area (Å²) in [6.45, 7) is 0. The van der Waals surface area contributed by atoms with E-state index in [2.05, 4.69) is 6.07 Å². The second kappa shape index (κ2) is 7.71. The minimum Gasteiger partial charge on any atom is -0.497 e. The van der Waals surface area contributed by atoms with Gasteiger partial charge in [-0.3, -0.25) is 4.79 Å². The summed E-state index contributed by atoms with van der Waals surface area (Å²) in [5.74, 6) is 0.325. The maximum atomic E-state index is 12.3. The lowest BCUT2D eigenvalue weighted by Gasteiger charge is -2.12. The standard InChI is InChI=1S/C23H19NO4/c1-26-19-10-9-16-11-18(8-7-17(16)12-19)21(14-24)27-22(25)13-20-23(28-20)15-5-3-2-4-6-15/h2-12,20-21,23H,13H2,1H3/t20-,21+,23+/m1/s1.